The van der Waals surface area contributed by atoms with Gasteiger partial charge in [-0.2, -0.15) is 0 Å². The van der Waals surface area contributed by atoms with Gasteiger partial charge in [0.25, 0.3) is 10.9 Å². The standard InChI is InChI=1S/C13H22N2O2.C2H6/c1-5-8-9-14(4)10-11(13(17)12(10)16)15(6-2)7-3;1-2/h5-9H2,1-4H3;1-2H3. The molecule has 0 saturated heterocycles. The normalized spacial score (nSPS) is 10.0. The van der Waals surface area contributed by atoms with E-state index >= 15 is 0 Å². The number of nitrogens with zero attached hydrogens (tertiary/aromatic N) is 2. The average Bonchev–Trinajstić information content (AvgIpc) is 2.46. The maximum Gasteiger partial charge on any atom is 0.253 e. The summed E-state index contributed by atoms with van der Waals surface area (Å²) in [6.07, 6.45) is 2.12. The van der Waals surface area contributed by atoms with Gasteiger partial charge >= 0.3 is 0 Å². The van der Waals surface area contributed by atoms with Crippen LogP contribution in [0.3, 0.4) is 0 Å². The largest absolute Gasteiger partial charge is 0.370 e. The first kappa shape index (κ1) is 17.7. The molecule has 0 unspecified atom stereocenters. The molecule has 1 rings (SSSR count). The molecule has 0 aliphatic carbocycles. The summed E-state index contributed by atoms with van der Waals surface area (Å²) in [5, 5.41) is 0. The van der Waals surface area contributed by atoms with Gasteiger partial charge < -0.3 is 9.80 Å². The predicted octanol–water partition coefficient (Wildman–Crippen LogP) is 2.39. The first-order valence-corrected chi connectivity index (χ1v) is 7.37. The van der Waals surface area contributed by atoms with Crippen LogP contribution in [-0.4, -0.2) is 26.7 Å². The van der Waals surface area contributed by atoms with Crippen molar-refractivity contribution in [1.29, 1.82) is 0 Å². The van der Waals surface area contributed by atoms with Gasteiger partial charge in [-0.05, 0) is 20.3 Å². The van der Waals surface area contributed by atoms with E-state index < -0.39 is 0 Å². The lowest BCUT2D eigenvalue weighted by molar-refractivity contribution is 0.756. The number of hydrogen-bond acceptors (Lipinski definition) is 4. The molecule has 0 aliphatic rings. The SMILES string of the molecule is CC.CCCCN(C)c1c(N(CC)CC)c(=O)c1=O. The fourth-order valence-electron chi connectivity index (χ4n) is 2.06. The third-order valence-corrected chi connectivity index (χ3v) is 3.17. The number of hydrogen-bond donors (Lipinski definition) is 0. The molecule has 0 bridgehead atoms. The van der Waals surface area contributed by atoms with Crippen LogP contribution < -0.4 is 20.7 Å². The quantitative estimate of drug-likeness (QED) is 0.712. The van der Waals surface area contributed by atoms with E-state index in [1.54, 1.807) is 0 Å². The van der Waals surface area contributed by atoms with Gasteiger partial charge in [0.2, 0.25) is 0 Å². The monoisotopic (exact) mass is 268 g/mol. The van der Waals surface area contributed by atoms with Crippen molar-refractivity contribution in [2.75, 3.05) is 36.5 Å². The highest BCUT2D eigenvalue weighted by atomic mass is 16.2. The molecule has 0 heterocycles. The van der Waals surface area contributed by atoms with Gasteiger partial charge in [-0.25, -0.2) is 0 Å². The van der Waals surface area contributed by atoms with Crippen LogP contribution in [-0.2, 0) is 0 Å². The Morgan fingerprint density at radius 1 is 0.895 bits per heavy atom. The second kappa shape index (κ2) is 8.73. The predicted molar refractivity (Wildman–Crippen MR) is 84.4 cm³/mol. The molecule has 4 heteroatoms. The van der Waals surface area contributed by atoms with E-state index in [1.807, 2.05) is 44.5 Å². The van der Waals surface area contributed by atoms with Crippen molar-refractivity contribution in [2.45, 2.75) is 47.5 Å². The van der Waals surface area contributed by atoms with Crippen molar-refractivity contribution in [3.63, 3.8) is 0 Å². The number of anilines is 2. The molecule has 110 valence electrons. The lowest BCUT2D eigenvalue weighted by atomic mass is 10.1. The second-order valence-corrected chi connectivity index (χ2v) is 4.30. The summed E-state index contributed by atoms with van der Waals surface area (Å²) < 4.78 is 0. The average molecular weight is 268 g/mol. The highest BCUT2D eigenvalue weighted by Gasteiger charge is 2.26. The minimum atomic E-state index is -0.328. The van der Waals surface area contributed by atoms with Crippen molar-refractivity contribution in [3.8, 4) is 0 Å². The van der Waals surface area contributed by atoms with Gasteiger partial charge in [0.05, 0.1) is 0 Å². The molecule has 1 aromatic carbocycles. The van der Waals surface area contributed by atoms with E-state index in [4.69, 9.17) is 0 Å². The summed E-state index contributed by atoms with van der Waals surface area (Å²) in [6.45, 7) is 12.5. The molecule has 19 heavy (non-hydrogen) atoms. The summed E-state index contributed by atoms with van der Waals surface area (Å²) >= 11 is 0. The van der Waals surface area contributed by atoms with Crippen LogP contribution in [0.4, 0.5) is 11.4 Å². The van der Waals surface area contributed by atoms with E-state index in [-0.39, 0.29) is 10.9 Å². The van der Waals surface area contributed by atoms with Gasteiger partial charge in [0, 0.05) is 26.7 Å². The fourth-order valence-corrected chi connectivity index (χ4v) is 2.06. The topological polar surface area (TPSA) is 40.6 Å². The van der Waals surface area contributed by atoms with E-state index in [0.717, 1.165) is 32.5 Å². The molecule has 1 aromatic rings. The van der Waals surface area contributed by atoms with Crippen LogP contribution in [0.2, 0.25) is 0 Å². The van der Waals surface area contributed by atoms with Crippen molar-refractivity contribution in [3.05, 3.63) is 20.4 Å². The minimum absolute atomic E-state index is 0.327. The van der Waals surface area contributed by atoms with Crippen molar-refractivity contribution < 1.29 is 0 Å². The van der Waals surface area contributed by atoms with E-state index in [0.29, 0.717) is 11.4 Å². The maximum atomic E-state index is 11.6. The highest BCUT2D eigenvalue weighted by molar-refractivity contribution is 5.76. The van der Waals surface area contributed by atoms with E-state index in [9.17, 15) is 9.59 Å². The summed E-state index contributed by atoms with van der Waals surface area (Å²) in [6, 6.07) is 0. The molecular formula is C15H28N2O2. The molecule has 0 fully saturated rings. The van der Waals surface area contributed by atoms with Crippen LogP contribution in [0, 0.1) is 0 Å². The Morgan fingerprint density at radius 2 is 1.37 bits per heavy atom. The Balaban J connectivity index is 0.00000154. The molecule has 0 atom stereocenters. The number of rotatable bonds is 7. The van der Waals surface area contributed by atoms with Gasteiger partial charge in [0.1, 0.15) is 11.4 Å². The Bertz CT molecular complexity index is 429. The van der Waals surface area contributed by atoms with Crippen LogP contribution in [0.5, 0.6) is 0 Å². The Hall–Kier alpha value is -1.32. The molecule has 0 spiro atoms. The molecule has 0 aromatic heterocycles. The van der Waals surface area contributed by atoms with Crippen LogP contribution >= 0.6 is 0 Å². The summed E-state index contributed by atoms with van der Waals surface area (Å²) in [5.41, 5.74) is 0.559. The second-order valence-electron chi connectivity index (χ2n) is 4.30. The van der Waals surface area contributed by atoms with Crippen LogP contribution in [0.15, 0.2) is 9.59 Å². The van der Waals surface area contributed by atoms with Crippen LogP contribution in [0.1, 0.15) is 47.5 Å². The van der Waals surface area contributed by atoms with Crippen molar-refractivity contribution >= 4 is 11.4 Å². The Morgan fingerprint density at radius 3 is 1.79 bits per heavy atom. The Kier molecular flexibility index (Phi) is 8.12. The molecule has 0 amide bonds. The van der Waals surface area contributed by atoms with Gasteiger partial charge in [-0.15, -0.1) is 0 Å². The molecule has 4 nitrogen and oxygen atoms in total. The molecule has 0 aliphatic heterocycles. The van der Waals surface area contributed by atoms with E-state index in [2.05, 4.69) is 6.92 Å². The van der Waals surface area contributed by atoms with Crippen LogP contribution in [0.25, 0.3) is 0 Å². The highest BCUT2D eigenvalue weighted by Crippen LogP contribution is 2.23. The van der Waals surface area contributed by atoms with Gasteiger partial charge in [-0.1, -0.05) is 27.2 Å². The lowest BCUT2D eigenvalue weighted by Gasteiger charge is -2.29. The Labute approximate surface area is 116 Å². The molecule has 0 N–H and O–H groups in total. The third-order valence-electron chi connectivity index (χ3n) is 3.17. The molecule has 0 radical (unpaired) electrons. The molecular weight excluding hydrogens is 240 g/mol. The first-order chi connectivity index (χ1) is 9.08. The van der Waals surface area contributed by atoms with E-state index in [1.165, 1.54) is 0 Å². The summed E-state index contributed by atoms with van der Waals surface area (Å²) in [7, 11) is 1.89. The summed E-state index contributed by atoms with van der Waals surface area (Å²) in [4.78, 5) is 27.1. The number of unbranched alkanes of at least 4 members (excludes halogenated alkanes) is 1. The lowest BCUT2D eigenvalue weighted by Crippen LogP contribution is -2.45. The third kappa shape index (κ3) is 3.82. The zero-order valence-electron chi connectivity index (χ0n) is 13.2. The zero-order chi connectivity index (χ0) is 15.0. The fraction of sp³-hybridized carbons (Fsp3) is 0.733. The van der Waals surface area contributed by atoms with Crippen molar-refractivity contribution in [2.24, 2.45) is 0 Å². The zero-order valence-corrected chi connectivity index (χ0v) is 13.2. The maximum absolute atomic E-state index is 11.6. The molecule has 0 saturated carbocycles. The first-order valence-electron chi connectivity index (χ1n) is 7.37. The smallest absolute Gasteiger partial charge is 0.253 e. The summed E-state index contributed by atoms with van der Waals surface area (Å²) in [5.74, 6) is 0. The minimum Gasteiger partial charge on any atom is -0.370 e. The van der Waals surface area contributed by atoms with Gasteiger partial charge in [0.15, 0.2) is 0 Å². The van der Waals surface area contributed by atoms with Gasteiger partial charge in [-0.3, -0.25) is 9.59 Å². The van der Waals surface area contributed by atoms with Crippen molar-refractivity contribution in [1.82, 2.24) is 0 Å².